The highest BCUT2D eigenvalue weighted by Crippen LogP contribution is 2.17. The third-order valence-corrected chi connectivity index (χ3v) is 6.99. The van der Waals surface area contributed by atoms with Crippen LogP contribution in [-0.4, -0.2) is 72.1 Å². The van der Waals surface area contributed by atoms with Crippen LogP contribution in [0.5, 0.6) is 0 Å². The molecule has 1 aliphatic heterocycles. The second-order valence-electron chi connectivity index (χ2n) is 12.2. The Balaban J connectivity index is 2.17. The van der Waals surface area contributed by atoms with Crippen molar-refractivity contribution in [1.29, 1.82) is 0 Å². The number of hydrogen-bond donors (Lipinski definition) is 5. The highest BCUT2D eigenvalue weighted by atomic mass is 35.5. The van der Waals surface area contributed by atoms with Gasteiger partial charge in [0.25, 0.3) is 0 Å². The molecule has 13 heteroatoms. The van der Waals surface area contributed by atoms with Crippen molar-refractivity contribution in [2.24, 2.45) is 11.8 Å². The van der Waals surface area contributed by atoms with Gasteiger partial charge in [-0.05, 0) is 58.4 Å². The first kappa shape index (κ1) is 35.7. The van der Waals surface area contributed by atoms with Gasteiger partial charge >= 0.3 is 12.2 Å². The number of hydrogen-bond acceptors (Lipinski definition) is 7. The molecule has 0 saturated carbocycles. The van der Waals surface area contributed by atoms with Crippen LogP contribution in [0.15, 0.2) is 30.3 Å². The molecule has 0 aromatic heterocycles. The van der Waals surface area contributed by atoms with Gasteiger partial charge in [0.05, 0.1) is 0 Å². The summed E-state index contributed by atoms with van der Waals surface area (Å²) in [7, 11) is 0. The van der Waals surface area contributed by atoms with E-state index in [4.69, 9.17) is 21.1 Å². The molecule has 1 heterocycles. The van der Waals surface area contributed by atoms with Gasteiger partial charge in [-0.2, -0.15) is 0 Å². The summed E-state index contributed by atoms with van der Waals surface area (Å²) < 4.78 is 10.7. The molecule has 5 N–H and O–H groups in total. The molecule has 0 aliphatic carbocycles. The largest absolute Gasteiger partial charge is 0.445 e. The van der Waals surface area contributed by atoms with Crippen LogP contribution >= 0.6 is 11.6 Å². The second-order valence-corrected chi connectivity index (χ2v) is 12.5. The van der Waals surface area contributed by atoms with Gasteiger partial charge in [0.2, 0.25) is 17.7 Å². The topological polar surface area (TPSA) is 164 Å². The molecule has 1 fully saturated rings. The molecule has 1 aromatic rings. The van der Waals surface area contributed by atoms with Crippen molar-refractivity contribution < 1.29 is 33.4 Å². The van der Waals surface area contributed by atoms with Gasteiger partial charge in [-0.25, -0.2) is 9.59 Å². The Bertz CT molecular complexity index is 1100. The van der Waals surface area contributed by atoms with Crippen molar-refractivity contribution >= 4 is 41.5 Å². The smallest absolute Gasteiger partial charge is 0.408 e. The van der Waals surface area contributed by atoms with Crippen LogP contribution in [0.4, 0.5) is 9.59 Å². The highest BCUT2D eigenvalue weighted by Gasteiger charge is 2.35. The Hall–Kier alpha value is -3.54. The van der Waals surface area contributed by atoms with Crippen LogP contribution in [0.2, 0.25) is 0 Å². The van der Waals surface area contributed by atoms with Gasteiger partial charge in [0.15, 0.2) is 0 Å². The minimum atomic E-state index is -1.39. The van der Waals surface area contributed by atoms with Crippen LogP contribution in [0.25, 0.3) is 0 Å². The van der Waals surface area contributed by atoms with Crippen LogP contribution in [-0.2, 0) is 30.5 Å². The van der Waals surface area contributed by atoms with Crippen LogP contribution in [0.1, 0.15) is 66.4 Å². The van der Waals surface area contributed by atoms with Gasteiger partial charge < -0.3 is 36.1 Å². The number of halogens is 1. The molecule has 1 aliphatic rings. The monoisotopic (exact) mass is 623 g/mol. The van der Waals surface area contributed by atoms with Crippen molar-refractivity contribution in [2.75, 3.05) is 12.4 Å². The van der Waals surface area contributed by atoms with Gasteiger partial charge in [-0.15, -0.1) is 11.6 Å². The molecule has 43 heavy (non-hydrogen) atoms. The molecule has 1 aromatic carbocycles. The first-order chi connectivity index (χ1) is 20.2. The normalized spacial score (nSPS) is 17.6. The van der Waals surface area contributed by atoms with Crippen LogP contribution in [0, 0.1) is 11.8 Å². The fourth-order valence-electron chi connectivity index (χ4n) is 4.50. The number of carbonyl (C=O) groups is 5. The van der Waals surface area contributed by atoms with E-state index in [0.717, 1.165) is 5.56 Å². The van der Waals surface area contributed by atoms with Gasteiger partial charge in [-0.3, -0.25) is 14.4 Å². The lowest BCUT2D eigenvalue weighted by Gasteiger charge is -2.29. The zero-order valence-electron chi connectivity index (χ0n) is 25.8. The fraction of sp³-hybridized carbons (Fsp3) is 0.633. The van der Waals surface area contributed by atoms with Crippen LogP contribution < -0.4 is 26.6 Å². The highest BCUT2D eigenvalue weighted by molar-refractivity contribution is 6.18. The van der Waals surface area contributed by atoms with Crippen molar-refractivity contribution in [3.8, 4) is 0 Å². The summed E-state index contributed by atoms with van der Waals surface area (Å²) in [6, 6.07) is 6.13. The summed E-state index contributed by atoms with van der Waals surface area (Å²) in [5.74, 6) is -1.45. The van der Waals surface area contributed by atoms with E-state index in [1.54, 1.807) is 45.0 Å². The summed E-state index contributed by atoms with van der Waals surface area (Å²) in [6.07, 6.45) is -1.52. The molecular formula is C30H46ClN5O7. The van der Waals surface area contributed by atoms with E-state index in [-0.39, 0.29) is 36.7 Å². The molecular weight excluding hydrogens is 578 g/mol. The number of alkyl carbamates (subject to hydrolysis) is 2. The average Bonchev–Trinajstić information content (AvgIpc) is 3.32. The van der Waals surface area contributed by atoms with E-state index in [2.05, 4.69) is 26.6 Å². The van der Waals surface area contributed by atoms with E-state index in [9.17, 15) is 24.0 Å². The van der Waals surface area contributed by atoms with E-state index in [0.29, 0.717) is 19.4 Å². The SMILES string of the molecule is CC(C)C[C@H](NC(=O)[C@@H](NC(=O)OCc1ccccc1)C(C)OC(=O)NC(C)(C)C)C(=O)N[C@H](CCl)C[C@@H]1CCNC1=O. The molecule has 1 unspecified atom stereocenters. The average molecular weight is 624 g/mol. The molecule has 12 nitrogen and oxygen atoms in total. The summed E-state index contributed by atoms with van der Waals surface area (Å²) >= 11 is 6.12. The summed E-state index contributed by atoms with van der Waals surface area (Å²) in [4.78, 5) is 64.2. The van der Waals surface area contributed by atoms with Crippen LogP contribution in [0.3, 0.4) is 0 Å². The molecule has 0 radical (unpaired) electrons. The van der Waals surface area contributed by atoms with Crippen molar-refractivity contribution in [3.05, 3.63) is 35.9 Å². The first-order valence-corrected chi connectivity index (χ1v) is 15.1. The Morgan fingerprint density at radius 2 is 1.67 bits per heavy atom. The van der Waals surface area contributed by atoms with Gasteiger partial charge in [0, 0.05) is 29.9 Å². The maximum Gasteiger partial charge on any atom is 0.408 e. The fourth-order valence-corrected chi connectivity index (χ4v) is 4.70. The first-order valence-electron chi connectivity index (χ1n) is 14.6. The second kappa shape index (κ2) is 16.9. The lowest BCUT2D eigenvalue weighted by atomic mass is 9.98. The Morgan fingerprint density at radius 1 is 1.00 bits per heavy atom. The standard InChI is InChI=1S/C30H46ClN5O7/c1-18(2)14-23(26(38)33-22(16-31)15-21-12-13-32-25(21)37)34-27(39)24(19(3)43-29(41)36-30(4,5)6)35-28(40)42-17-20-10-8-7-9-11-20/h7-11,18-19,21-24H,12-17H2,1-6H3,(H,32,37)(H,33,38)(H,34,39)(H,35,40)(H,36,41)/t19?,21-,22-,23-,24-/m0/s1. The van der Waals surface area contributed by atoms with Crippen molar-refractivity contribution in [1.82, 2.24) is 26.6 Å². The number of benzene rings is 1. The van der Waals surface area contributed by atoms with E-state index < -0.39 is 53.8 Å². The van der Waals surface area contributed by atoms with Gasteiger partial charge in [-0.1, -0.05) is 44.2 Å². The number of ether oxygens (including phenoxy) is 2. The zero-order chi connectivity index (χ0) is 32.2. The molecule has 2 rings (SSSR count). The van der Waals surface area contributed by atoms with E-state index in [1.807, 2.05) is 19.9 Å². The van der Waals surface area contributed by atoms with E-state index in [1.165, 1.54) is 6.92 Å². The molecule has 1 saturated heterocycles. The zero-order valence-corrected chi connectivity index (χ0v) is 26.6. The minimum Gasteiger partial charge on any atom is -0.445 e. The molecule has 240 valence electrons. The quantitative estimate of drug-likeness (QED) is 0.199. The summed E-state index contributed by atoms with van der Waals surface area (Å²) in [6.45, 7) is 11.1. The maximum absolute atomic E-state index is 13.6. The Kier molecular flexibility index (Phi) is 14.0. The predicted molar refractivity (Wildman–Crippen MR) is 162 cm³/mol. The number of alkyl halides is 1. The number of rotatable bonds is 14. The molecule has 5 amide bonds. The Labute approximate surface area is 258 Å². The molecule has 0 spiro atoms. The Morgan fingerprint density at radius 3 is 2.23 bits per heavy atom. The molecule has 0 bridgehead atoms. The number of nitrogens with one attached hydrogen (secondary N) is 5. The molecule has 5 atom stereocenters. The van der Waals surface area contributed by atoms with Gasteiger partial charge in [0.1, 0.15) is 24.8 Å². The predicted octanol–water partition coefficient (Wildman–Crippen LogP) is 2.98. The third-order valence-electron chi connectivity index (χ3n) is 6.61. The van der Waals surface area contributed by atoms with E-state index >= 15 is 0 Å². The summed E-state index contributed by atoms with van der Waals surface area (Å²) in [5.41, 5.74) is 0.139. The van der Waals surface area contributed by atoms with Crippen molar-refractivity contribution in [2.45, 2.75) is 97.2 Å². The maximum atomic E-state index is 13.6. The minimum absolute atomic E-state index is 0.0135. The lowest BCUT2D eigenvalue weighted by molar-refractivity contribution is -0.132. The van der Waals surface area contributed by atoms with Crippen molar-refractivity contribution in [3.63, 3.8) is 0 Å². The lowest BCUT2D eigenvalue weighted by Crippen LogP contribution is -2.59. The number of amides is 5. The number of carbonyl (C=O) groups excluding carboxylic acids is 5. The summed E-state index contributed by atoms with van der Waals surface area (Å²) in [5, 5.41) is 13.5. The third kappa shape index (κ3) is 13.1.